The number of hydrogen-bond acceptors (Lipinski definition) is 5. The molecule has 2 aromatic rings. The van der Waals surface area contributed by atoms with Gasteiger partial charge in [0, 0.05) is 5.56 Å². The van der Waals surface area contributed by atoms with Gasteiger partial charge in [-0.3, -0.25) is 4.79 Å². The summed E-state index contributed by atoms with van der Waals surface area (Å²) in [5.41, 5.74) is 5.04. The summed E-state index contributed by atoms with van der Waals surface area (Å²) in [4.78, 5) is 12.0. The number of amides is 1. The number of para-hydroxylation sites is 2. The van der Waals surface area contributed by atoms with Gasteiger partial charge in [0.2, 0.25) is 0 Å². The summed E-state index contributed by atoms with van der Waals surface area (Å²) in [6.07, 6.45) is 0. The van der Waals surface area contributed by atoms with Crippen LogP contribution in [0.4, 0.5) is 0 Å². The molecular formula is C19H22N2O4. The molecule has 0 bridgehead atoms. The van der Waals surface area contributed by atoms with Crippen molar-refractivity contribution in [3.63, 3.8) is 0 Å². The highest BCUT2D eigenvalue weighted by atomic mass is 16.5. The van der Waals surface area contributed by atoms with Crippen molar-refractivity contribution in [2.45, 2.75) is 13.8 Å². The quantitative estimate of drug-likeness (QED) is 0.620. The van der Waals surface area contributed by atoms with Gasteiger partial charge in [0.1, 0.15) is 5.75 Å². The lowest BCUT2D eigenvalue weighted by molar-refractivity contribution is -0.123. The number of hydrazone groups is 1. The topological polar surface area (TPSA) is 69.2 Å². The third-order valence-electron chi connectivity index (χ3n) is 3.52. The van der Waals surface area contributed by atoms with E-state index in [-0.39, 0.29) is 12.5 Å². The standard InChI is InChI=1S/C19H22N2O4/c1-13-9-10-16(23-3)15(11-13)14(2)20-21-19(22)12-25-18-8-6-5-7-17(18)24-4/h5-11H,12H2,1-4H3,(H,21,22)/b20-14-. The first-order valence-electron chi connectivity index (χ1n) is 7.79. The molecule has 2 aromatic carbocycles. The number of rotatable bonds is 7. The molecule has 0 radical (unpaired) electrons. The second kappa shape index (κ2) is 8.73. The lowest BCUT2D eigenvalue weighted by atomic mass is 10.1. The number of hydrogen-bond donors (Lipinski definition) is 1. The Balaban J connectivity index is 1.99. The van der Waals surface area contributed by atoms with E-state index in [1.165, 1.54) is 0 Å². The minimum Gasteiger partial charge on any atom is -0.496 e. The predicted octanol–water partition coefficient (Wildman–Crippen LogP) is 2.93. The third-order valence-corrected chi connectivity index (χ3v) is 3.52. The number of nitrogens with one attached hydrogen (secondary N) is 1. The van der Waals surface area contributed by atoms with Gasteiger partial charge in [-0.2, -0.15) is 5.10 Å². The first-order chi connectivity index (χ1) is 12.0. The molecule has 0 aliphatic rings. The number of aryl methyl sites for hydroxylation is 1. The van der Waals surface area contributed by atoms with Crippen LogP contribution in [0.1, 0.15) is 18.1 Å². The smallest absolute Gasteiger partial charge is 0.277 e. The highest BCUT2D eigenvalue weighted by Crippen LogP contribution is 2.25. The van der Waals surface area contributed by atoms with Crippen LogP contribution in [-0.2, 0) is 4.79 Å². The molecule has 0 heterocycles. The van der Waals surface area contributed by atoms with Gasteiger partial charge >= 0.3 is 0 Å². The van der Waals surface area contributed by atoms with E-state index in [0.717, 1.165) is 11.1 Å². The van der Waals surface area contributed by atoms with Gasteiger partial charge in [0.15, 0.2) is 18.1 Å². The number of nitrogens with zero attached hydrogens (tertiary/aromatic N) is 1. The van der Waals surface area contributed by atoms with E-state index < -0.39 is 0 Å². The molecule has 2 rings (SSSR count). The fraction of sp³-hybridized carbons (Fsp3) is 0.263. The molecule has 0 aromatic heterocycles. The molecule has 0 saturated heterocycles. The van der Waals surface area contributed by atoms with Crippen molar-refractivity contribution in [3.8, 4) is 17.2 Å². The minimum absolute atomic E-state index is 0.165. The maximum Gasteiger partial charge on any atom is 0.277 e. The molecule has 0 saturated carbocycles. The molecule has 0 aliphatic carbocycles. The van der Waals surface area contributed by atoms with E-state index >= 15 is 0 Å². The zero-order valence-electron chi connectivity index (χ0n) is 14.8. The SMILES string of the molecule is COc1ccccc1OCC(=O)N/N=C(/C)c1cc(C)ccc1OC. The van der Waals surface area contributed by atoms with Crippen molar-refractivity contribution in [2.75, 3.05) is 20.8 Å². The summed E-state index contributed by atoms with van der Waals surface area (Å²) in [6, 6.07) is 12.9. The Morgan fingerprint density at radius 2 is 1.72 bits per heavy atom. The fourth-order valence-corrected chi connectivity index (χ4v) is 2.22. The molecule has 0 spiro atoms. The zero-order valence-corrected chi connectivity index (χ0v) is 14.8. The van der Waals surface area contributed by atoms with Crippen LogP contribution < -0.4 is 19.6 Å². The largest absolute Gasteiger partial charge is 0.496 e. The molecule has 6 heteroatoms. The van der Waals surface area contributed by atoms with Gasteiger partial charge in [0.25, 0.3) is 5.91 Å². The lowest BCUT2D eigenvalue weighted by Gasteiger charge is -2.10. The summed E-state index contributed by atoms with van der Waals surface area (Å²) < 4.78 is 16.0. The Kier molecular flexibility index (Phi) is 6.39. The van der Waals surface area contributed by atoms with Gasteiger partial charge in [0.05, 0.1) is 19.9 Å². The van der Waals surface area contributed by atoms with Crippen LogP contribution in [0, 0.1) is 6.92 Å². The Morgan fingerprint density at radius 1 is 1.04 bits per heavy atom. The summed E-state index contributed by atoms with van der Waals surface area (Å²) >= 11 is 0. The molecule has 1 N–H and O–H groups in total. The minimum atomic E-state index is -0.364. The Hall–Kier alpha value is -3.02. The van der Waals surface area contributed by atoms with Crippen LogP contribution in [0.5, 0.6) is 17.2 Å². The average Bonchev–Trinajstić information content (AvgIpc) is 2.64. The van der Waals surface area contributed by atoms with Crippen LogP contribution in [0.3, 0.4) is 0 Å². The molecule has 6 nitrogen and oxygen atoms in total. The van der Waals surface area contributed by atoms with Gasteiger partial charge in [-0.15, -0.1) is 0 Å². The van der Waals surface area contributed by atoms with Crippen LogP contribution in [0.25, 0.3) is 0 Å². The molecular weight excluding hydrogens is 320 g/mol. The maximum atomic E-state index is 12.0. The molecule has 132 valence electrons. The van der Waals surface area contributed by atoms with E-state index in [1.54, 1.807) is 33.3 Å². The number of carbonyl (C=O) groups is 1. The van der Waals surface area contributed by atoms with Gasteiger partial charge in [-0.25, -0.2) is 5.43 Å². The first-order valence-corrected chi connectivity index (χ1v) is 7.79. The zero-order chi connectivity index (χ0) is 18.2. The molecule has 1 amide bonds. The summed E-state index contributed by atoms with van der Waals surface area (Å²) in [5.74, 6) is 1.41. The normalized spacial score (nSPS) is 11.0. The molecule has 0 fully saturated rings. The first kappa shape index (κ1) is 18.3. The number of methoxy groups -OCH3 is 2. The number of benzene rings is 2. The summed E-state index contributed by atoms with van der Waals surface area (Å²) in [6.45, 7) is 3.62. The van der Waals surface area contributed by atoms with Crippen molar-refractivity contribution >= 4 is 11.6 Å². The van der Waals surface area contributed by atoms with E-state index in [9.17, 15) is 4.79 Å². The van der Waals surface area contributed by atoms with Crippen molar-refractivity contribution < 1.29 is 19.0 Å². The number of ether oxygens (including phenoxy) is 3. The van der Waals surface area contributed by atoms with Gasteiger partial charge in [-0.1, -0.05) is 23.8 Å². The van der Waals surface area contributed by atoms with Crippen LogP contribution in [0.2, 0.25) is 0 Å². The summed E-state index contributed by atoms with van der Waals surface area (Å²) in [5, 5.41) is 4.12. The Labute approximate surface area is 147 Å². The highest BCUT2D eigenvalue weighted by molar-refractivity contribution is 6.01. The second-order valence-electron chi connectivity index (χ2n) is 5.38. The lowest BCUT2D eigenvalue weighted by Crippen LogP contribution is -2.25. The molecule has 0 atom stereocenters. The molecule has 0 aliphatic heterocycles. The Bertz CT molecular complexity index is 772. The van der Waals surface area contributed by atoms with E-state index in [2.05, 4.69) is 10.5 Å². The van der Waals surface area contributed by atoms with Gasteiger partial charge < -0.3 is 14.2 Å². The van der Waals surface area contributed by atoms with Crippen LogP contribution in [-0.4, -0.2) is 32.4 Å². The predicted molar refractivity (Wildman–Crippen MR) is 96.6 cm³/mol. The second-order valence-corrected chi connectivity index (χ2v) is 5.38. The third kappa shape index (κ3) is 4.97. The highest BCUT2D eigenvalue weighted by Gasteiger charge is 2.09. The van der Waals surface area contributed by atoms with E-state index in [0.29, 0.717) is 23.0 Å². The fourth-order valence-electron chi connectivity index (χ4n) is 2.22. The van der Waals surface area contributed by atoms with Crippen LogP contribution in [0.15, 0.2) is 47.6 Å². The monoisotopic (exact) mass is 342 g/mol. The van der Waals surface area contributed by atoms with Gasteiger partial charge in [-0.05, 0) is 38.1 Å². The van der Waals surface area contributed by atoms with Crippen LogP contribution >= 0.6 is 0 Å². The molecule has 0 unspecified atom stereocenters. The summed E-state index contributed by atoms with van der Waals surface area (Å²) in [7, 11) is 3.15. The van der Waals surface area contributed by atoms with E-state index in [1.807, 2.05) is 37.3 Å². The van der Waals surface area contributed by atoms with Crippen molar-refractivity contribution in [2.24, 2.45) is 5.10 Å². The maximum absolute atomic E-state index is 12.0. The van der Waals surface area contributed by atoms with E-state index in [4.69, 9.17) is 14.2 Å². The van der Waals surface area contributed by atoms with Crippen molar-refractivity contribution in [3.05, 3.63) is 53.6 Å². The molecule has 25 heavy (non-hydrogen) atoms. The van der Waals surface area contributed by atoms with Crippen molar-refractivity contribution in [1.82, 2.24) is 5.43 Å². The van der Waals surface area contributed by atoms with Crippen molar-refractivity contribution in [1.29, 1.82) is 0 Å². The Morgan fingerprint density at radius 3 is 2.40 bits per heavy atom. The number of carbonyl (C=O) groups excluding carboxylic acids is 1. The average molecular weight is 342 g/mol.